The highest BCUT2D eigenvalue weighted by molar-refractivity contribution is 5.26. The lowest BCUT2D eigenvalue weighted by Gasteiger charge is -2.18. The number of aromatic nitrogens is 2. The highest BCUT2D eigenvalue weighted by Crippen LogP contribution is 2.21. The van der Waals surface area contributed by atoms with Gasteiger partial charge in [-0.15, -0.1) is 0 Å². The third-order valence-corrected chi connectivity index (χ3v) is 3.71. The summed E-state index contributed by atoms with van der Waals surface area (Å²) in [5, 5.41) is 4.04. The Labute approximate surface area is 116 Å². The molecule has 0 saturated heterocycles. The highest BCUT2D eigenvalue weighted by Gasteiger charge is 2.16. The maximum atomic E-state index is 5.66. The van der Waals surface area contributed by atoms with E-state index in [1.807, 2.05) is 0 Å². The molecule has 0 radical (unpaired) electrons. The predicted octanol–water partition coefficient (Wildman–Crippen LogP) is 2.47. The molecule has 0 aliphatic rings. The molecule has 0 aromatic carbocycles. The molecule has 1 heterocycles. The Balaban J connectivity index is 2.53. The van der Waals surface area contributed by atoms with Crippen molar-refractivity contribution in [3.05, 3.63) is 5.89 Å². The van der Waals surface area contributed by atoms with Crippen LogP contribution in [0.4, 0.5) is 5.95 Å². The van der Waals surface area contributed by atoms with Crippen LogP contribution in [-0.4, -0.2) is 29.8 Å². The van der Waals surface area contributed by atoms with Crippen molar-refractivity contribution in [1.82, 2.24) is 10.1 Å². The number of nitrogens with two attached hydrogens (primary N) is 1. The van der Waals surface area contributed by atoms with E-state index in [1.54, 1.807) is 0 Å². The minimum Gasteiger partial charge on any atom is -0.339 e. The molecule has 0 aliphatic carbocycles. The first-order valence-corrected chi connectivity index (χ1v) is 7.39. The monoisotopic (exact) mass is 268 g/mol. The number of nitrogens with zero attached hydrogens (tertiary/aromatic N) is 3. The van der Waals surface area contributed by atoms with Crippen molar-refractivity contribution in [1.29, 1.82) is 0 Å². The SMILES string of the molecule is CCN(CC)c1noc(CCC(CCN)C(C)C)n1. The van der Waals surface area contributed by atoms with Gasteiger partial charge in [0.05, 0.1) is 0 Å². The van der Waals surface area contributed by atoms with Crippen molar-refractivity contribution in [2.24, 2.45) is 17.6 Å². The quantitative estimate of drug-likeness (QED) is 0.745. The molecule has 19 heavy (non-hydrogen) atoms. The zero-order valence-electron chi connectivity index (χ0n) is 12.7. The van der Waals surface area contributed by atoms with E-state index in [0.29, 0.717) is 17.8 Å². The van der Waals surface area contributed by atoms with Crippen LogP contribution in [-0.2, 0) is 6.42 Å². The zero-order chi connectivity index (χ0) is 14.3. The maximum Gasteiger partial charge on any atom is 0.266 e. The molecule has 5 nitrogen and oxygen atoms in total. The van der Waals surface area contributed by atoms with Gasteiger partial charge in [0, 0.05) is 19.5 Å². The van der Waals surface area contributed by atoms with E-state index in [9.17, 15) is 0 Å². The van der Waals surface area contributed by atoms with E-state index in [1.165, 1.54) is 0 Å². The second-order valence-electron chi connectivity index (χ2n) is 5.28. The molecule has 0 amide bonds. The first-order chi connectivity index (χ1) is 9.12. The van der Waals surface area contributed by atoms with Crippen LogP contribution in [0.5, 0.6) is 0 Å². The molecule has 1 aromatic rings. The maximum absolute atomic E-state index is 5.66. The second-order valence-corrected chi connectivity index (χ2v) is 5.28. The molecule has 5 heteroatoms. The van der Waals surface area contributed by atoms with Crippen LogP contribution in [0.25, 0.3) is 0 Å². The van der Waals surface area contributed by atoms with Gasteiger partial charge in [-0.1, -0.05) is 13.8 Å². The molecule has 2 N–H and O–H groups in total. The summed E-state index contributed by atoms with van der Waals surface area (Å²) in [7, 11) is 0. The van der Waals surface area contributed by atoms with Crippen LogP contribution in [0.3, 0.4) is 0 Å². The Morgan fingerprint density at radius 2 is 1.89 bits per heavy atom. The van der Waals surface area contributed by atoms with E-state index in [4.69, 9.17) is 10.3 Å². The van der Waals surface area contributed by atoms with Gasteiger partial charge in [0.2, 0.25) is 5.89 Å². The number of hydrogen-bond acceptors (Lipinski definition) is 5. The summed E-state index contributed by atoms with van der Waals surface area (Å²) in [6.45, 7) is 11.2. The summed E-state index contributed by atoms with van der Waals surface area (Å²) in [4.78, 5) is 6.55. The number of rotatable bonds is 9. The third kappa shape index (κ3) is 4.82. The van der Waals surface area contributed by atoms with E-state index in [2.05, 4.69) is 42.7 Å². The average Bonchev–Trinajstić information content (AvgIpc) is 2.84. The summed E-state index contributed by atoms with van der Waals surface area (Å²) in [5.74, 6) is 2.73. The van der Waals surface area contributed by atoms with Crippen LogP contribution in [0.2, 0.25) is 0 Å². The molecule has 0 fully saturated rings. The smallest absolute Gasteiger partial charge is 0.266 e. The summed E-state index contributed by atoms with van der Waals surface area (Å²) < 4.78 is 5.32. The summed E-state index contributed by atoms with van der Waals surface area (Å²) in [5.41, 5.74) is 5.66. The van der Waals surface area contributed by atoms with Crippen LogP contribution in [0, 0.1) is 11.8 Å². The van der Waals surface area contributed by atoms with Gasteiger partial charge in [-0.2, -0.15) is 4.98 Å². The van der Waals surface area contributed by atoms with E-state index in [0.717, 1.165) is 44.8 Å². The van der Waals surface area contributed by atoms with Crippen molar-refractivity contribution in [2.45, 2.75) is 47.0 Å². The number of hydrogen-bond donors (Lipinski definition) is 1. The fourth-order valence-electron chi connectivity index (χ4n) is 2.32. The molecule has 0 bridgehead atoms. The van der Waals surface area contributed by atoms with Crippen LogP contribution in [0.15, 0.2) is 4.52 Å². The van der Waals surface area contributed by atoms with Crippen LogP contribution >= 0.6 is 0 Å². The number of anilines is 1. The van der Waals surface area contributed by atoms with Gasteiger partial charge in [-0.3, -0.25) is 0 Å². The van der Waals surface area contributed by atoms with Gasteiger partial charge in [0.15, 0.2) is 0 Å². The van der Waals surface area contributed by atoms with E-state index >= 15 is 0 Å². The fraction of sp³-hybridized carbons (Fsp3) is 0.857. The van der Waals surface area contributed by atoms with Gasteiger partial charge in [-0.05, 0) is 50.2 Å². The van der Waals surface area contributed by atoms with Crippen molar-refractivity contribution >= 4 is 5.95 Å². The second kappa shape index (κ2) is 8.15. The van der Waals surface area contributed by atoms with Gasteiger partial charge >= 0.3 is 0 Å². The van der Waals surface area contributed by atoms with Crippen molar-refractivity contribution in [2.75, 3.05) is 24.5 Å². The lowest BCUT2D eigenvalue weighted by atomic mass is 9.88. The third-order valence-electron chi connectivity index (χ3n) is 3.71. The Morgan fingerprint density at radius 3 is 2.42 bits per heavy atom. The molecule has 0 aliphatic heterocycles. The van der Waals surface area contributed by atoms with Gasteiger partial charge < -0.3 is 15.2 Å². The standard InChI is InChI=1S/C14H28N4O/c1-5-18(6-2)14-16-13(19-17-14)8-7-12(9-10-15)11(3)4/h11-12H,5-10,15H2,1-4H3. The minimum absolute atomic E-state index is 0.633. The van der Waals surface area contributed by atoms with Gasteiger partial charge in [0.1, 0.15) is 0 Å². The molecule has 0 saturated carbocycles. The Hall–Kier alpha value is -1.10. The molecule has 1 unspecified atom stereocenters. The summed E-state index contributed by atoms with van der Waals surface area (Å²) >= 11 is 0. The summed E-state index contributed by atoms with van der Waals surface area (Å²) in [6, 6.07) is 0. The van der Waals surface area contributed by atoms with Gasteiger partial charge in [-0.25, -0.2) is 0 Å². The molecular weight excluding hydrogens is 240 g/mol. The highest BCUT2D eigenvalue weighted by atomic mass is 16.5. The summed E-state index contributed by atoms with van der Waals surface area (Å²) in [6.07, 6.45) is 2.97. The molecule has 1 rings (SSSR count). The largest absolute Gasteiger partial charge is 0.339 e. The fourth-order valence-corrected chi connectivity index (χ4v) is 2.32. The van der Waals surface area contributed by atoms with Crippen molar-refractivity contribution in [3.63, 3.8) is 0 Å². The first kappa shape index (κ1) is 16.0. The van der Waals surface area contributed by atoms with E-state index < -0.39 is 0 Å². The average molecular weight is 268 g/mol. The van der Waals surface area contributed by atoms with Crippen LogP contribution < -0.4 is 10.6 Å². The van der Waals surface area contributed by atoms with Crippen molar-refractivity contribution < 1.29 is 4.52 Å². The molecule has 0 spiro atoms. The lowest BCUT2D eigenvalue weighted by Crippen LogP contribution is -2.23. The Morgan fingerprint density at radius 1 is 1.21 bits per heavy atom. The predicted molar refractivity (Wildman–Crippen MR) is 78.2 cm³/mol. The minimum atomic E-state index is 0.633. The molecule has 1 atom stereocenters. The normalized spacial score (nSPS) is 12.9. The molecule has 110 valence electrons. The zero-order valence-corrected chi connectivity index (χ0v) is 12.7. The Kier molecular flexibility index (Phi) is 6.84. The topological polar surface area (TPSA) is 68.2 Å². The molecular formula is C14H28N4O. The van der Waals surface area contributed by atoms with Crippen molar-refractivity contribution in [3.8, 4) is 0 Å². The van der Waals surface area contributed by atoms with Crippen LogP contribution in [0.1, 0.15) is 46.4 Å². The Bertz CT molecular complexity index is 347. The molecule has 1 aromatic heterocycles. The van der Waals surface area contributed by atoms with E-state index in [-0.39, 0.29) is 0 Å². The van der Waals surface area contributed by atoms with Gasteiger partial charge in [0.25, 0.3) is 5.95 Å². The number of aryl methyl sites for hydroxylation is 1. The first-order valence-electron chi connectivity index (χ1n) is 7.39. The lowest BCUT2D eigenvalue weighted by molar-refractivity contribution is 0.313.